The van der Waals surface area contributed by atoms with E-state index in [0.717, 1.165) is 32.3 Å². The average molecular weight is 479 g/mol. The maximum Gasteiger partial charge on any atom is 0.261 e. The minimum Gasteiger partial charge on any atom is -0.407 e. The molecule has 4 rings (SSSR count). The Balaban J connectivity index is 1.49. The quantitative estimate of drug-likeness (QED) is 0.423. The fraction of sp³-hybridized carbons (Fsp3) is 0.483. The smallest absolute Gasteiger partial charge is 0.261 e. The molecule has 182 valence electrons. The molecule has 1 fully saturated rings. The molecule has 5 heteroatoms. The van der Waals surface area contributed by atoms with Gasteiger partial charge in [0.25, 0.3) is 8.32 Å². The Hall–Kier alpha value is -2.05. The van der Waals surface area contributed by atoms with Crippen molar-refractivity contribution in [2.24, 2.45) is 0 Å². The van der Waals surface area contributed by atoms with E-state index in [1.807, 2.05) is 6.08 Å². The summed E-state index contributed by atoms with van der Waals surface area (Å²) in [6.45, 7) is 8.27. The molecule has 2 aromatic carbocycles. The van der Waals surface area contributed by atoms with Crippen LogP contribution in [0.5, 0.6) is 0 Å². The third-order valence-electron chi connectivity index (χ3n) is 7.00. The van der Waals surface area contributed by atoms with Crippen molar-refractivity contribution in [2.75, 3.05) is 13.2 Å². The van der Waals surface area contributed by atoms with E-state index < -0.39 is 8.32 Å². The standard InChI is InChI=1S/C29H38O4Si/c1-29(2,3)34(25-13-6-4-7-14-25,26-15-8-5-9-16-26)32-21-10-12-24-19-18-23(30)22-28-27(33-24)17-11-20-31-28/h4-9,13-16,18-19,24,27-28H,10-12,17,20-22H2,1-3H3/b19-18-/t24-,27+,28-/m1/s1. The molecule has 0 aromatic heterocycles. The van der Waals surface area contributed by atoms with Gasteiger partial charge in [-0.2, -0.15) is 0 Å². The maximum atomic E-state index is 12.3. The zero-order valence-corrected chi connectivity index (χ0v) is 21.7. The minimum absolute atomic E-state index is 0.00486. The highest BCUT2D eigenvalue weighted by Crippen LogP contribution is 2.37. The second-order valence-electron chi connectivity index (χ2n) is 10.4. The molecule has 0 spiro atoms. The summed E-state index contributed by atoms with van der Waals surface area (Å²) in [6, 6.07) is 21.5. The van der Waals surface area contributed by atoms with Crippen molar-refractivity contribution in [1.82, 2.24) is 0 Å². The summed E-state index contributed by atoms with van der Waals surface area (Å²) in [5.74, 6) is 0.133. The van der Waals surface area contributed by atoms with Gasteiger partial charge in [0.1, 0.15) is 0 Å². The Kier molecular flexibility index (Phi) is 8.20. The van der Waals surface area contributed by atoms with Crippen LogP contribution in [-0.2, 0) is 18.7 Å². The molecule has 0 radical (unpaired) electrons. The Morgan fingerprint density at radius 3 is 2.24 bits per heavy atom. The van der Waals surface area contributed by atoms with E-state index >= 15 is 0 Å². The van der Waals surface area contributed by atoms with Crippen molar-refractivity contribution in [3.8, 4) is 0 Å². The van der Waals surface area contributed by atoms with Gasteiger partial charge in [0.2, 0.25) is 0 Å². The normalized spacial score (nSPS) is 24.7. The molecule has 0 aliphatic carbocycles. The van der Waals surface area contributed by atoms with Gasteiger partial charge in [0, 0.05) is 19.6 Å². The van der Waals surface area contributed by atoms with Gasteiger partial charge in [-0.3, -0.25) is 4.79 Å². The van der Waals surface area contributed by atoms with Crippen LogP contribution in [0.15, 0.2) is 72.8 Å². The number of benzene rings is 2. The van der Waals surface area contributed by atoms with E-state index in [0.29, 0.717) is 13.0 Å². The fourth-order valence-electron chi connectivity index (χ4n) is 5.34. The summed E-state index contributed by atoms with van der Waals surface area (Å²) >= 11 is 0. The zero-order chi connectivity index (χ0) is 24.0. The topological polar surface area (TPSA) is 44.8 Å². The van der Waals surface area contributed by atoms with Crippen molar-refractivity contribution < 1.29 is 18.7 Å². The van der Waals surface area contributed by atoms with E-state index in [-0.39, 0.29) is 29.1 Å². The number of allylic oxidation sites excluding steroid dienone is 1. The van der Waals surface area contributed by atoms with Gasteiger partial charge in [-0.1, -0.05) is 87.5 Å². The summed E-state index contributed by atoms with van der Waals surface area (Å²) in [7, 11) is -2.53. The van der Waals surface area contributed by atoms with Crippen LogP contribution in [0.1, 0.15) is 52.9 Å². The van der Waals surface area contributed by atoms with Gasteiger partial charge >= 0.3 is 0 Å². The third-order valence-corrected chi connectivity index (χ3v) is 12.0. The van der Waals surface area contributed by atoms with Gasteiger partial charge in [0.05, 0.1) is 18.3 Å². The Bertz CT molecular complexity index is 912. The van der Waals surface area contributed by atoms with E-state index in [2.05, 4.69) is 81.4 Å². The number of hydrogen-bond donors (Lipinski definition) is 0. The molecule has 0 amide bonds. The molecule has 2 aromatic rings. The molecule has 34 heavy (non-hydrogen) atoms. The predicted molar refractivity (Wildman–Crippen MR) is 139 cm³/mol. The molecule has 4 nitrogen and oxygen atoms in total. The summed E-state index contributed by atoms with van der Waals surface area (Å²) < 4.78 is 19.3. The van der Waals surface area contributed by atoms with Crippen LogP contribution in [0.25, 0.3) is 0 Å². The van der Waals surface area contributed by atoms with Crippen LogP contribution in [0, 0.1) is 0 Å². The lowest BCUT2D eigenvalue weighted by Crippen LogP contribution is -2.66. The number of fused-ring (bicyclic) bond motifs is 1. The first-order valence-electron chi connectivity index (χ1n) is 12.6. The maximum absolute atomic E-state index is 12.3. The molecule has 0 saturated carbocycles. The molecule has 2 aliphatic rings. The van der Waals surface area contributed by atoms with E-state index in [1.165, 1.54) is 10.4 Å². The largest absolute Gasteiger partial charge is 0.407 e. The van der Waals surface area contributed by atoms with Crippen LogP contribution in [0.3, 0.4) is 0 Å². The Morgan fingerprint density at radius 1 is 0.971 bits per heavy atom. The van der Waals surface area contributed by atoms with Crippen LogP contribution >= 0.6 is 0 Å². The van der Waals surface area contributed by atoms with Gasteiger partial charge in [-0.25, -0.2) is 0 Å². The van der Waals surface area contributed by atoms with Crippen molar-refractivity contribution in [3.05, 3.63) is 72.8 Å². The molecule has 0 unspecified atom stereocenters. The highest BCUT2D eigenvalue weighted by Gasteiger charge is 2.50. The van der Waals surface area contributed by atoms with Crippen molar-refractivity contribution in [1.29, 1.82) is 0 Å². The predicted octanol–water partition coefficient (Wildman–Crippen LogP) is 4.81. The van der Waals surface area contributed by atoms with Crippen molar-refractivity contribution >= 4 is 24.5 Å². The van der Waals surface area contributed by atoms with Crippen molar-refractivity contribution in [3.63, 3.8) is 0 Å². The second-order valence-corrected chi connectivity index (χ2v) is 14.8. The average Bonchev–Trinajstić information content (AvgIpc) is 2.82. The third kappa shape index (κ3) is 5.60. The molecule has 2 heterocycles. The molecule has 1 saturated heterocycles. The van der Waals surface area contributed by atoms with E-state index in [4.69, 9.17) is 13.9 Å². The number of hydrogen-bond acceptors (Lipinski definition) is 4. The highest BCUT2D eigenvalue weighted by atomic mass is 28.4. The Labute approximate surface area is 205 Å². The van der Waals surface area contributed by atoms with Crippen molar-refractivity contribution in [2.45, 2.75) is 76.2 Å². The van der Waals surface area contributed by atoms with Gasteiger partial charge < -0.3 is 13.9 Å². The lowest BCUT2D eigenvalue weighted by molar-refractivity contribution is -0.139. The highest BCUT2D eigenvalue weighted by molar-refractivity contribution is 6.99. The van der Waals surface area contributed by atoms with Crippen LogP contribution in [0.4, 0.5) is 0 Å². The minimum atomic E-state index is -2.53. The van der Waals surface area contributed by atoms with Gasteiger partial charge in [-0.15, -0.1) is 0 Å². The zero-order valence-electron chi connectivity index (χ0n) is 20.7. The summed E-state index contributed by atoms with van der Waals surface area (Å²) in [4.78, 5) is 12.3. The lowest BCUT2D eigenvalue weighted by atomic mass is 9.98. The summed E-state index contributed by atoms with van der Waals surface area (Å²) in [5.41, 5.74) is 0. The number of carbonyl (C=O) groups is 1. The first kappa shape index (κ1) is 25.1. The number of carbonyl (C=O) groups excluding carboxylic acids is 1. The van der Waals surface area contributed by atoms with E-state index in [1.54, 1.807) is 6.08 Å². The fourth-order valence-corrected chi connectivity index (χ4v) is 9.95. The summed E-state index contributed by atoms with van der Waals surface area (Å²) in [5, 5.41) is 2.55. The van der Waals surface area contributed by atoms with Crippen LogP contribution < -0.4 is 10.4 Å². The summed E-state index contributed by atoms with van der Waals surface area (Å²) in [6.07, 6.45) is 7.50. The van der Waals surface area contributed by atoms with Crippen LogP contribution in [0.2, 0.25) is 5.04 Å². The molecular formula is C29H38O4Si. The first-order chi connectivity index (χ1) is 16.4. The SMILES string of the molecule is CC(C)(C)[Si](OCCC[C@@H]1/C=C\C(=O)C[C@H]2OCCC[C@@H]2O1)(c1ccccc1)c1ccccc1. The lowest BCUT2D eigenvalue weighted by Gasteiger charge is -2.43. The Morgan fingerprint density at radius 2 is 1.62 bits per heavy atom. The molecule has 0 bridgehead atoms. The first-order valence-corrected chi connectivity index (χ1v) is 14.5. The number of rotatable bonds is 7. The second kappa shape index (κ2) is 11.1. The van der Waals surface area contributed by atoms with Gasteiger partial charge in [0.15, 0.2) is 5.78 Å². The molecule has 3 atom stereocenters. The van der Waals surface area contributed by atoms with Crippen LogP contribution in [-0.4, -0.2) is 45.6 Å². The number of ether oxygens (including phenoxy) is 2. The molecule has 2 aliphatic heterocycles. The van der Waals surface area contributed by atoms with E-state index in [9.17, 15) is 4.79 Å². The van der Waals surface area contributed by atoms with Gasteiger partial charge in [-0.05, 0) is 47.2 Å². The molecule has 0 N–H and O–H groups in total. The molecular weight excluding hydrogens is 440 g/mol. The monoisotopic (exact) mass is 478 g/mol. The number of ketones is 1.